The van der Waals surface area contributed by atoms with E-state index in [0.717, 1.165) is 24.3 Å². The molecule has 0 saturated carbocycles. The first-order valence-corrected chi connectivity index (χ1v) is 8.41. The minimum absolute atomic E-state index is 0.0777. The van der Waals surface area contributed by atoms with Crippen molar-refractivity contribution in [3.05, 3.63) is 29.8 Å². The Kier molecular flexibility index (Phi) is 9.33. The second-order valence-electron chi connectivity index (χ2n) is 5.93. The summed E-state index contributed by atoms with van der Waals surface area (Å²) < 4.78 is 5.68. The van der Waals surface area contributed by atoms with E-state index in [1.165, 1.54) is 19.3 Å². The lowest BCUT2D eigenvalue weighted by Gasteiger charge is -2.13. The van der Waals surface area contributed by atoms with Crippen LogP contribution in [0.25, 0.3) is 0 Å². The SMILES string of the molecule is CCCCCCOc1ccc(CCC(O)CC(N)C(=O)O)cc1. The number of ether oxygens (including phenoxy) is 1. The van der Waals surface area contributed by atoms with E-state index in [1.807, 2.05) is 24.3 Å². The molecule has 0 spiro atoms. The van der Waals surface area contributed by atoms with Crippen LogP contribution in [0.1, 0.15) is 51.0 Å². The van der Waals surface area contributed by atoms with E-state index >= 15 is 0 Å². The normalized spacial score (nSPS) is 13.5. The summed E-state index contributed by atoms with van der Waals surface area (Å²) >= 11 is 0. The number of hydrogen-bond donors (Lipinski definition) is 3. The van der Waals surface area contributed by atoms with Crippen LogP contribution in [-0.4, -0.2) is 34.9 Å². The van der Waals surface area contributed by atoms with Crippen LogP contribution in [0.15, 0.2) is 24.3 Å². The van der Waals surface area contributed by atoms with E-state index in [9.17, 15) is 9.90 Å². The molecule has 130 valence electrons. The second kappa shape index (κ2) is 11.0. The van der Waals surface area contributed by atoms with Gasteiger partial charge in [-0.05, 0) is 43.4 Å². The lowest BCUT2D eigenvalue weighted by molar-refractivity contribution is -0.139. The highest BCUT2D eigenvalue weighted by molar-refractivity contribution is 5.73. The van der Waals surface area contributed by atoms with E-state index in [-0.39, 0.29) is 6.42 Å². The predicted molar refractivity (Wildman–Crippen MR) is 90.6 cm³/mol. The van der Waals surface area contributed by atoms with Gasteiger partial charge in [0.05, 0.1) is 12.7 Å². The molecule has 2 unspecified atom stereocenters. The van der Waals surface area contributed by atoms with Gasteiger partial charge in [0.1, 0.15) is 11.8 Å². The van der Waals surface area contributed by atoms with Crippen molar-refractivity contribution in [3.8, 4) is 5.75 Å². The quantitative estimate of drug-likeness (QED) is 0.514. The highest BCUT2D eigenvalue weighted by Gasteiger charge is 2.16. The number of unbranched alkanes of at least 4 members (excludes halogenated alkanes) is 3. The van der Waals surface area contributed by atoms with E-state index in [2.05, 4.69) is 6.92 Å². The van der Waals surface area contributed by atoms with Crippen LogP contribution < -0.4 is 10.5 Å². The molecule has 1 aromatic rings. The van der Waals surface area contributed by atoms with Crippen LogP contribution in [0, 0.1) is 0 Å². The molecule has 23 heavy (non-hydrogen) atoms. The molecule has 0 heterocycles. The molecule has 0 aliphatic rings. The third-order valence-electron chi connectivity index (χ3n) is 3.80. The first-order chi connectivity index (χ1) is 11.0. The van der Waals surface area contributed by atoms with Gasteiger partial charge in [0.15, 0.2) is 0 Å². The first-order valence-electron chi connectivity index (χ1n) is 8.41. The van der Waals surface area contributed by atoms with Gasteiger partial charge in [0, 0.05) is 0 Å². The maximum Gasteiger partial charge on any atom is 0.320 e. The van der Waals surface area contributed by atoms with E-state index in [4.69, 9.17) is 15.6 Å². The van der Waals surface area contributed by atoms with Crippen LogP contribution in [0.3, 0.4) is 0 Å². The van der Waals surface area contributed by atoms with Gasteiger partial charge < -0.3 is 20.7 Å². The van der Waals surface area contributed by atoms with E-state index in [0.29, 0.717) is 12.8 Å². The molecular weight excluding hydrogens is 294 g/mol. The molecule has 0 radical (unpaired) electrons. The summed E-state index contributed by atoms with van der Waals surface area (Å²) in [5, 5.41) is 18.5. The number of carbonyl (C=O) groups is 1. The summed E-state index contributed by atoms with van der Waals surface area (Å²) in [4.78, 5) is 10.6. The third-order valence-corrected chi connectivity index (χ3v) is 3.80. The topological polar surface area (TPSA) is 92.8 Å². The number of hydrogen-bond acceptors (Lipinski definition) is 4. The van der Waals surface area contributed by atoms with Gasteiger partial charge in [-0.25, -0.2) is 0 Å². The molecule has 0 amide bonds. The van der Waals surface area contributed by atoms with Gasteiger partial charge in [0.2, 0.25) is 0 Å². The van der Waals surface area contributed by atoms with E-state index < -0.39 is 18.1 Å². The fraction of sp³-hybridized carbons (Fsp3) is 0.611. The summed E-state index contributed by atoms with van der Waals surface area (Å²) in [6.07, 6.45) is 5.30. The fourth-order valence-electron chi connectivity index (χ4n) is 2.32. The van der Waals surface area contributed by atoms with Crippen LogP contribution in [0.4, 0.5) is 0 Å². The number of rotatable bonds is 12. The van der Waals surface area contributed by atoms with Crippen molar-refractivity contribution >= 4 is 5.97 Å². The summed E-state index contributed by atoms with van der Waals surface area (Å²) in [5.41, 5.74) is 6.50. The second-order valence-corrected chi connectivity index (χ2v) is 5.93. The minimum Gasteiger partial charge on any atom is -0.494 e. The van der Waals surface area contributed by atoms with E-state index in [1.54, 1.807) is 0 Å². The largest absolute Gasteiger partial charge is 0.494 e. The molecule has 0 aliphatic heterocycles. The smallest absolute Gasteiger partial charge is 0.320 e. The Morgan fingerprint density at radius 1 is 1.22 bits per heavy atom. The van der Waals surface area contributed by atoms with Crippen LogP contribution in [0.5, 0.6) is 5.75 Å². The zero-order valence-electron chi connectivity index (χ0n) is 13.9. The first kappa shape index (κ1) is 19.5. The minimum atomic E-state index is -1.08. The molecule has 0 fully saturated rings. The fourth-order valence-corrected chi connectivity index (χ4v) is 2.32. The molecule has 5 heteroatoms. The summed E-state index contributed by atoms with van der Waals surface area (Å²) in [6, 6.07) is 6.82. The highest BCUT2D eigenvalue weighted by Crippen LogP contribution is 2.15. The van der Waals surface area contributed by atoms with Gasteiger partial charge in [-0.3, -0.25) is 4.79 Å². The monoisotopic (exact) mass is 323 g/mol. The highest BCUT2D eigenvalue weighted by atomic mass is 16.5. The Bertz CT molecular complexity index is 447. The van der Waals surface area contributed by atoms with Gasteiger partial charge in [-0.1, -0.05) is 38.3 Å². The molecule has 1 rings (SSSR count). The number of aliphatic hydroxyl groups excluding tert-OH is 1. The molecule has 5 nitrogen and oxygen atoms in total. The van der Waals surface area contributed by atoms with Crippen molar-refractivity contribution in [2.75, 3.05) is 6.61 Å². The molecular formula is C18H29NO4. The molecule has 1 aromatic carbocycles. The Morgan fingerprint density at radius 3 is 2.52 bits per heavy atom. The zero-order valence-corrected chi connectivity index (χ0v) is 13.9. The maximum atomic E-state index is 10.6. The van der Waals surface area contributed by atoms with Crippen molar-refractivity contribution < 1.29 is 19.7 Å². The Balaban J connectivity index is 2.27. The third kappa shape index (κ3) is 8.57. The Hall–Kier alpha value is -1.59. The van der Waals surface area contributed by atoms with Gasteiger partial charge in [0.25, 0.3) is 0 Å². The molecule has 0 aliphatic carbocycles. The number of benzene rings is 1. The summed E-state index contributed by atoms with van der Waals surface area (Å²) in [7, 11) is 0. The van der Waals surface area contributed by atoms with Crippen molar-refractivity contribution in [3.63, 3.8) is 0 Å². The molecule has 0 saturated heterocycles. The zero-order chi connectivity index (χ0) is 17.1. The Morgan fingerprint density at radius 2 is 1.91 bits per heavy atom. The number of aliphatic carboxylic acids is 1. The molecule has 2 atom stereocenters. The van der Waals surface area contributed by atoms with Crippen LogP contribution in [-0.2, 0) is 11.2 Å². The van der Waals surface area contributed by atoms with Gasteiger partial charge in [-0.2, -0.15) is 0 Å². The number of aryl methyl sites for hydroxylation is 1. The lowest BCUT2D eigenvalue weighted by Crippen LogP contribution is -2.34. The summed E-state index contributed by atoms with van der Waals surface area (Å²) in [6.45, 7) is 2.93. The average molecular weight is 323 g/mol. The molecule has 0 bridgehead atoms. The van der Waals surface area contributed by atoms with Crippen LogP contribution >= 0.6 is 0 Å². The van der Waals surface area contributed by atoms with Crippen molar-refractivity contribution in [2.45, 2.75) is 64.0 Å². The molecule has 0 aromatic heterocycles. The van der Waals surface area contributed by atoms with Gasteiger partial charge >= 0.3 is 5.97 Å². The van der Waals surface area contributed by atoms with Gasteiger partial charge in [-0.15, -0.1) is 0 Å². The number of nitrogens with two attached hydrogens (primary N) is 1. The van der Waals surface area contributed by atoms with Crippen molar-refractivity contribution in [1.82, 2.24) is 0 Å². The number of aliphatic hydroxyl groups is 1. The predicted octanol–water partition coefficient (Wildman–Crippen LogP) is 2.74. The Labute approximate surface area is 138 Å². The lowest BCUT2D eigenvalue weighted by atomic mass is 10.0. The number of carboxylic acid groups (broad SMARTS) is 1. The van der Waals surface area contributed by atoms with Crippen molar-refractivity contribution in [1.29, 1.82) is 0 Å². The average Bonchev–Trinajstić information content (AvgIpc) is 2.53. The maximum absolute atomic E-state index is 10.6. The number of carboxylic acids is 1. The van der Waals surface area contributed by atoms with Crippen molar-refractivity contribution in [2.24, 2.45) is 5.73 Å². The summed E-state index contributed by atoms with van der Waals surface area (Å²) in [5.74, 6) is -0.219. The molecule has 4 N–H and O–H groups in total. The van der Waals surface area contributed by atoms with Crippen LogP contribution in [0.2, 0.25) is 0 Å². The standard InChI is InChI=1S/C18H29NO4/c1-2-3-4-5-12-23-16-10-7-14(8-11-16)6-9-15(20)13-17(19)18(21)22/h7-8,10-11,15,17,20H,2-6,9,12-13,19H2,1H3,(H,21,22).